The van der Waals surface area contributed by atoms with E-state index < -0.39 is 6.10 Å². The van der Waals surface area contributed by atoms with Crippen molar-refractivity contribution in [2.24, 2.45) is 0 Å². The van der Waals surface area contributed by atoms with E-state index in [2.05, 4.69) is 5.32 Å². The Morgan fingerprint density at radius 3 is 2.21 bits per heavy atom. The predicted octanol–water partition coefficient (Wildman–Crippen LogP) is -0.328. The van der Waals surface area contributed by atoms with E-state index >= 15 is 0 Å². The maximum Gasteiger partial charge on any atom is 0.239 e. The Kier molecular flexibility index (Phi) is 8.34. The Morgan fingerprint density at radius 1 is 1.21 bits per heavy atom. The molecule has 1 atom stereocenters. The van der Waals surface area contributed by atoms with Gasteiger partial charge in [0.2, 0.25) is 11.8 Å². The lowest BCUT2D eigenvalue weighted by molar-refractivity contribution is -0.136. The molecule has 6 heteroatoms. The molecule has 6 nitrogen and oxygen atoms in total. The Labute approximate surface area is 115 Å². The molecule has 0 rings (SSSR count). The smallest absolute Gasteiger partial charge is 0.239 e. The van der Waals surface area contributed by atoms with Crippen LogP contribution in [0.25, 0.3) is 0 Å². The summed E-state index contributed by atoms with van der Waals surface area (Å²) in [5.74, 6) is -0.257. The summed E-state index contributed by atoms with van der Waals surface area (Å²) < 4.78 is 0. The molecule has 0 aliphatic rings. The van der Waals surface area contributed by atoms with Crippen LogP contribution < -0.4 is 5.32 Å². The number of carbonyl (C=O) groups excluding carboxylic acids is 2. The van der Waals surface area contributed by atoms with Gasteiger partial charge in [0, 0.05) is 19.1 Å². The van der Waals surface area contributed by atoms with Crippen molar-refractivity contribution in [3.63, 3.8) is 0 Å². The summed E-state index contributed by atoms with van der Waals surface area (Å²) in [6.07, 6.45) is -0.475. The molecule has 112 valence electrons. The van der Waals surface area contributed by atoms with Gasteiger partial charge in [0.05, 0.1) is 19.2 Å². The lowest BCUT2D eigenvalue weighted by atomic mass is 10.3. The lowest BCUT2D eigenvalue weighted by Crippen LogP contribution is -2.46. The molecule has 19 heavy (non-hydrogen) atoms. The van der Waals surface area contributed by atoms with Crippen molar-refractivity contribution in [3.05, 3.63) is 0 Å². The van der Waals surface area contributed by atoms with E-state index in [-0.39, 0.29) is 30.9 Å². The molecule has 0 aromatic heterocycles. The monoisotopic (exact) mass is 273 g/mol. The fourth-order valence-electron chi connectivity index (χ4n) is 1.76. The number of nitrogens with one attached hydrogen (secondary N) is 1. The highest BCUT2D eigenvalue weighted by atomic mass is 16.3. The van der Waals surface area contributed by atoms with Crippen molar-refractivity contribution in [1.82, 2.24) is 15.1 Å². The summed E-state index contributed by atoms with van der Waals surface area (Å²) in [5.41, 5.74) is 0. The maximum atomic E-state index is 12.0. The first-order valence-corrected chi connectivity index (χ1v) is 6.70. The molecule has 0 saturated carbocycles. The van der Waals surface area contributed by atoms with E-state index in [9.17, 15) is 14.7 Å². The van der Waals surface area contributed by atoms with Crippen molar-refractivity contribution in [3.8, 4) is 0 Å². The first-order valence-electron chi connectivity index (χ1n) is 6.70. The number of nitrogens with zero attached hydrogens (tertiary/aromatic N) is 2. The van der Waals surface area contributed by atoms with Gasteiger partial charge in [0.15, 0.2) is 0 Å². The molecule has 0 heterocycles. The van der Waals surface area contributed by atoms with Crippen LogP contribution in [0.15, 0.2) is 0 Å². The van der Waals surface area contributed by atoms with E-state index in [1.165, 1.54) is 4.90 Å². The Bertz CT molecular complexity index is 293. The maximum absolute atomic E-state index is 12.0. The van der Waals surface area contributed by atoms with Gasteiger partial charge in [-0.3, -0.25) is 14.5 Å². The van der Waals surface area contributed by atoms with Crippen molar-refractivity contribution >= 4 is 11.8 Å². The van der Waals surface area contributed by atoms with Crippen LogP contribution in [0.4, 0.5) is 0 Å². The lowest BCUT2D eigenvalue weighted by Gasteiger charge is -2.24. The largest absolute Gasteiger partial charge is 0.392 e. The molecule has 0 aliphatic carbocycles. The van der Waals surface area contributed by atoms with Crippen molar-refractivity contribution in [1.29, 1.82) is 0 Å². The van der Waals surface area contributed by atoms with Crippen LogP contribution in [0, 0.1) is 0 Å². The molecule has 0 aromatic rings. The highest BCUT2D eigenvalue weighted by Gasteiger charge is 2.17. The number of hydrogen-bond acceptors (Lipinski definition) is 4. The number of amides is 2. The van der Waals surface area contributed by atoms with E-state index in [1.54, 1.807) is 18.9 Å². The van der Waals surface area contributed by atoms with Crippen LogP contribution >= 0.6 is 0 Å². The summed E-state index contributed by atoms with van der Waals surface area (Å²) in [5, 5.41) is 12.0. The van der Waals surface area contributed by atoms with Crippen molar-refractivity contribution in [2.75, 3.05) is 33.2 Å². The zero-order chi connectivity index (χ0) is 15.0. The third kappa shape index (κ3) is 8.56. The summed E-state index contributed by atoms with van der Waals surface area (Å²) in [4.78, 5) is 26.9. The molecule has 2 N–H and O–H groups in total. The number of carbonyl (C=O) groups is 2. The number of likely N-dealkylation sites (N-methyl/N-ethyl adjacent to an activating group) is 2. The van der Waals surface area contributed by atoms with Gasteiger partial charge in [-0.1, -0.05) is 0 Å². The average molecular weight is 273 g/mol. The fourth-order valence-corrected chi connectivity index (χ4v) is 1.76. The van der Waals surface area contributed by atoms with E-state index in [4.69, 9.17) is 0 Å². The molecule has 0 radical (unpaired) electrons. The Hall–Kier alpha value is -1.14. The molecule has 0 aromatic carbocycles. The first kappa shape index (κ1) is 17.9. The van der Waals surface area contributed by atoms with Gasteiger partial charge in [-0.25, -0.2) is 0 Å². The van der Waals surface area contributed by atoms with Gasteiger partial charge >= 0.3 is 0 Å². The van der Waals surface area contributed by atoms with E-state index in [0.29, 0.717) is 13.1 Å². The van der Waals surface area contributed by atoms with E-state index in [1.807, 2.05) is 20.8 Å². The van der Waals surface area contributed by atoms with Gasteiger partial charge in [-0.05, 0) is 34.7 Å². The number of aliphatic hydroxyl groups is 1. The van der Waals surface area contributed by atoms with Gasteiger partial charge in [0.1, 0.15) is 0 Å². The molecular formula is C13H27N3O3. The predicted molar refractivity (Wildman–Crippen MR) is 74.7 cm³/mol. The van der Waals surface area contributed by atoms with Crippen LogP contribution in [0.3, 0.4) is 0 Å². The highest BCUT2D eigenvalue weighted by Crippen LogP contribution is 1.95. The standard InChI is InChI=1S/C13H27N3O3/c1-6-16(8-12(18)14-10(2)3)13(19)9-15(5)7-11(4)17/h10-11,17H,6-9H2,1-5H3,(H,14,18). The summed E-state index contributed by atoms with van der Waals surface area (Å²) in [6.45, 7) is 8.49. The zero-order valence-corrected chi connectivity index (χ0v) is 12.6. The average Bonchev–Trinajstić information content (AvgIpc) is 2.23. The van der Waals surface area contributed by atoms with E-state index in [0.717, 1.165) is 0 Å². The van der Waals surface area contributed by atoms with Gasteiger partial charge in [-0.2, -0.15) is 0 Å². The fraction of sp³-hybridized carbons (Fsp3) is 0.846. The van der Waals surface area contributed by atoms with Crippen molar-refractivity contribution < 1.29 is 14.7 Å². The summed E-state index contributed by atoms with van der Waals surface area (Å²) in [6, 6.07) is 0.0687. The minimum atomic E-state index is -0.475. The first-order chi connectivity index (χ1) is 8.76. The quantitative estimate of drug-likeness (QED) is 0.635. The van der Waals surface area contributed by atoms with Crippen LogP contribution in [0.5, 0.6) is 0 Å². The van der Waals surface area contributed by atoms with Crippen LogP contribution in [0.1, 0.15) is 27.7 Å². The third-order valence-electron chi connectivity index (χ3n) is 2.50. The van der Waals surface area contributed by atoms with Gasteiger partial charge in [-0.15, -0.1) is 0 Å². The topological polar surface area (TPSA) is 72.9 Å². The number of aliphatic hydroxyl groups excluding tert-OH is 1. The van der Waals surface area contributed by atoms with Crippen molar-refractivity contribution in [2.45, 2.75) is 39.8 Å². The highest BCUT2D eigenvalue weighted by molar-refractivity contribution is 5.85. The van der Waals surface area contributed by atoms with Crippen LogP contribution in [-0.2, 0) is 9.59 Å². The zero-order valence-electron chi connectivity index (χ0n) is 12.6. The second-order valence-corrected chi connectivity index (χ2v) is 5.18. The molecule has 0 bridgehead atoms. The summed E-state index contributed by atoms with van der Waals surface area (Å²) in [7, 11) is 1.77. The second kappa shape index (κ2) is 8.87. The summed E-state index contributed by atoms with van der Waals surface area (Å²) >= 11 is 0. The molecule has 2 amide bonds. The third-order valence-corrected chi connectivity index (χ3v) is 2.50. The minimum Gasteiger partial charge on any atom is -0.392 e. The molecule has 0 saturated heterocycles. The second-order valence-electron chi connectivity index (χ2n) is 5.18. The molecule has 0 fully saturated rings. The molecule has 1 unspecified atom stereocenters. The normalized spacial score (nSPS) is 12.6. The van der Waals surface area contributed by atoms with Gasteiger partial charge < -0.3 is 15.3 Å². The van der Waals surface area contributed by atoms with Gasteiger partial charge in [0.25, 0.3) is 0 Å². The number of hydrogen-bond donors (Lipinski definition) is 2. The Morgan fingerprint density at radius 2 is 1.79 bits per heavy atom. The Balaban J connectivity index is 4.28. The molecular weight excluding hydrogens is 246 g/mol. The van der Waals surface area contributed by atoms with Crippen LogP contribution in [0.2, 0.25) is 0 Å². The molecule has 0 spiro atoms. The molecule has 0 aliphatic heterocycles. The van der Waals surface area contributed by atoms with Crippen LogP contribution in [-0.4, -0.2) is 72.1 Å². The number of rotatable bonds is 8. The SMILES string of the molecule is CCN(CC(=O)NC(C)C)C(=O)CN(C)CC(C)O. The minimum absolute atomic E-state index is 0.0687.